The van der Waals surface area contributed by atoms with Gasteiger partial charge in [0.05, 0.1) is 28.4 Å². The van der Waals surface area contributed by atoms with Crippen molar-refractivity contribution in [2.75, 3.05) is 28.4 Å². The van der Waals surface area contributed by atoms with E-state index in [9.17, 15) is 4.39 Å². The molecule has 0 amide bonds. The molecule has 0 saturated carbocycles. The van der Waals surface area contributed by atoms with E-state index in [0.717, 1.165) is 11.3 Å². The second kappa shape index (κ2) is 7.72. The molecule has 23 heavy (non-hydrogen) atoms. The first-order valence-corrected chi connectivity index (χ1v) is 7.19. The molecule has 124 valence electrons. The molecular weight excluding hydrogens is 299 g/mol. The van der Waals surface area contributed by atoms with Gasteiger partial charge in [-0.1, -0.05) is 12.1 Å². The lowest BCUT2D eigenvalue weighted by Crippen LogP contribution is -2.01. The zero-order valence-corrected chi connectivity index (χ0v) is 13.8. The van der Waals surface area contributed by atoms with E-state index in [1.54, 1.807) is 19.2 Å². The Morgan fingerprint density at radius 3 is 1.83 bits per heavy atom. The van der Waals surface area contributed by atoms with Crippen LogP contribution in [-0.4, -0.2) is 28.4 Å². The Morgan fingerprint density at radius 2 is 1.39 bits per heavy atom. The Morgan fingerprint density at radius 1 is 0.826 bits per heavy atom. The number of methoxy groups -OCH3 is 4. The molecule has 0 aliphatic carbocycles. The summed E-state index contributed by atoms with van der Waals surface area (Å²) in [4.78, 5) is 0. The van der Waals surface area contributed by atoms with Crippen LogP contribution >= 0.6 is 0 Å². The fourth-order valence-electron chi connectivity index (χ4n) is 2.37. The predicted molar refractivity (Wildman–Crippen MR) is 86.6 cm³/mol. The number of rotatable bonds is 7. The third-order valence-corrected chi connectivity index (χ3v) is 3.62. The number of benzene rings is 2. The smallest absolute Gasteiger partial charge is 0.203 e. The van der Waals surface area contributed by atoms with Crippen LogP contribution in [0.3, 0.4) is 0 Å². The van der Waals surface area contributed by atoms with Gasteiger partial charge in [0.15, 0.2) is 11.5 Å². The van der Waals surface area contributed by atoms with Crippen LogP contribution in [0.25, 0.3) is 0 Å². The first-order valence-electron chi connectivity index (χ1n) is 7.19. The monoisotopic (exact) mass is 320 g/mol. The van der Waals surface area contributed by atoms with Crippen molar-refractivity contribution in [3.05, 3.63) is 47.5 Å². The maximum Gasteiger partial charge on any atom is 0.203 e. The van der Waals surface area contributed by atoms with Gasteiger partial charge in [-0.3, -0.25) is 0 Å². The predicted octanol–water partition coefficient (Wildman–Crippen LogP) is 3.97. The molecule has 2 aromatic rings. The first-order chi connectivity index (χ1) is 11.1. The van der Waals surface area contributed by atoms with E-state index in [4.69, 9.17) is 18.9 Å². The molecule has 0 aliphatic heterocycles. The van der Waals surface area contributed by atoms with E-state index < -0.39 is 6.17 Å². The fraction of sp³-hybridized carbons (Fsp3) is 0.333. The highest BCUT2D eigenvalue weighted by Gasteiger charge is 2.18. The van der Waals surface area contributed by atoms with Crippen LogP contribution in [0.1, 0.15) is 17.3 Å². The van der Waals surface area contributed by atoms with Gasteiger partial charge < -0.3 is 18.9 Å². The summed E-state index contributed by atoms with van der Waals surface area (Å²) in [7, 11) is 6.14. The Labute approximate surface area is 135 Å². The maximum absolute atomic E-state index is 14.7. The van der Waals surface area contributed by atoms with Crippen LogP contribution in [0.4, 0.5) is 4.39 Å². The summed E-state index contributed by atoms with van der Waals surface area (Å²) in [6.45, 7) is 0. The lowest BCUT2D eigenvalue weighted by Gasteiger charge is -2.16. The van der Waals surface area contributed by atoms with Gasteiger partial charge in [-0.2, -0.15) is 0 Å². The number of alkyl halides is 1. The third kappa shape index (κ3) is 3.86. The Hall–Kier alpha value is -2.43. The van der Waals surface area contributed by atoms with Crippen molar-refractivity contribution in [3.8, 4) is 23.0 Å². The zero-order chi connectivity index (χ0) is 16.8. The Kier molecular flexibility index (Phi) is 5.68. The molecule has 0 bridgehead atoms. The van der Waals surface area contributed by atoms with Gasteiger partial charge in [-0.25, -0.2) is 4.39 Å². The van der Waals surface area contributed by atoms with Gasteiger partial charge in [0.1, 0.15) is 11.9 Å². The second-order valence-electron chi connectivity index (χ2n) is 4.98. The first kappa shape index (κ1) is 16.9. The number of halogens is 1. The highest BCUT2D eigenvalue weighted by atomic mass is 19.1. The largest absolute Gasteiger partial charge is 0.497 e. The molecule has 2 rings (SSSR count). The molecule has 5 heteroatoms. The van der Waals surface area contributed by atoms with E-state index in [1.165, 1.54) is 21.3 Å². The van der Waals surface area contributed by atoms with Crippen LogP contribution in [-0.2, 0) is 6.42 Å². The summed E-state index contributed by atoms with van der Waals surface area (Å²) in [5, 5.41) is 0. The molecule has 0 aromatic heterocycles. The van der Waals surface area contributed by atoms with E-state index in [1.807, 2.05) is 24.3 Å². The molecule has 4 nitrogen and oxygen atoms in total. The van der Waals surface area contributed by atoms with E-state index in [-0.39, 0.29) is 6.42 Å². The molecule has 0 N–H and O–H groups in total. The number of hydrogen-bond donors (Lipinski definition) is 0. The van der Waals surface area contributed by atoms with Gasteiger partial charge in [0, 0.05) is 6.42 Å². The zero-order valence-electron chi connectivity index (χ0n) is 13.8. The highest BCUT2D eigenvalue weighted by molar-refractivity contribution is 5.54. The summed E-state index contributed by atoms with van der Waals surface area (Å²) in [5.74, 6) is 2.09. The van der Waals surface area contributed by atoms with Crippen LogP contribution < -0.4 is 18.9 Å². The number of ether oxygens (including phenoxy) is 4. The molecule has 0 radical (unpaired) electrons. The highest BCUT2D eigenvalue weighted by Crippen LogP contribution is 2.40. The van der Waals surface area contributed by atoms with E-state index >= 15 is 0 Å². The lowest BCUT2D eigenvalue weighted by molar-refractivity contribution is 0.313. The summed E-state index contributed by atoms with van der Waals surface area (Å²) in [5.41, 5.74) is 1.36. The topological polar surface area (TPSA) is 36.9 Å². The molecule has 2 aromatic carbocycles. The van der Waals surface area contributed by atoms with Crippen molar-refractivity contribution < 1.29 is 23.3 Å². The molecule has 1 unspecified atom stereocenters. The van der Waals surface area contributed by atoms with Crippen molar-refractivity contribution in [3.63, 3.8) is 0 Å². The van der Waals surface area contributed by atoms with Crippen LogP contribution in [0.2, 0.25) is 0 Å². The van der Waals surface area contributed by atoms with Crippen molar-refractivity contribution in [1.29, 1.82) is 0 Å². The lowest BCUT2D eigenvalue weighted by atomic mass is 10.0. The van der Waals surface area contributed by atoms with Gasteiger partial charge in [0.2, 0.25) is 5.75 Å². The minimum atomic E-state index is -1.18. The fourth-order valence-corrected chi connectivity index (χ4v) is 2.37. The molecule has 1 atom stereocenters. The van der Waals surface area contributed by atoms with Gasteiger partial charge in [-0.15, -0.1) is 0 Å². The summed E-state index contributed by atoms with van der Waals surface area (Å²) >= 11 is 0. The summed E-state index contributed by atoms with van der Waals surface area (Å²) in [6.07, 6.45) is -0.931. The van der Waals surface area contributed by atoms with Crippen molar-refractivity contribution in [1.82, 2.24) is 0 Å². The Bertz CT molecular complexity index is 615. The van der Waals surface area contributed by atoms with Crippen LogP contribution in [0, 0.1) is 0 Å². The summed E-state index contributed by atoms with van der Waals surface area (Å²) in [6, 6.07) is 10.6. The molecular formula is C18H21FO4. The minimum Gasteiger partial charge on any atom is -0.497 e. The van der Waals surface area contributed by atoms with Gasteiger partial charge >= 0.3 is 0 Å². The average Bonchev–Trinajstić information content (AvgIpc) is 2.60. The molecule has 0 aliphatic rings. The van der Waals surface area contributed by atoms with E-state index in [2.05, 4.69) is 0 Å². The molecule has 0 saturated heterocycles. The van der Waals surface area contributed by atoms with Crippen LogP contribution in [0.5, 0.6) is 23.0 Å². The standard InChI is InChI=1S/C18H21FO4/c1-20-14-7-5-12(6-8-14)9-15(19)13-10-16(21-2)18(23-4)17(11-13)22-3/h5-8,10-11,15H,9H2,1-4H3. The molecule has 0 spiro atoms. The maximum atomic E-state index is 14.7. The minimum absolute atomic E-state index is 0.253. The van der Waals surface area contributed by atoms with Crippen molar-refractivity contribution in [2.45, 2.75) is 12.6 Å². The molecule has 0 fully saturated rings. The van der Waals surface area contributed by atoms with Crippen molar-refractivity contribution >= 4 is 0 Å². The summed E-state index contributed by atoms with van der Waals surface area (Å²) < 4.78 is 35.6. The quantitative estimate of drug-likeness (QED) is 0.773. The average molecular weight is 320 g/mol. The van der Waals surface area contributed by atoms with Crippen molar-refractivity contribution in [2.24, 2.45) is 0 Å². The van der Waals surface area contributed by atoms with E-state index in [0.29, 0.717) is 22.8 Å². The van der Waals surface area contributed by atoms with Gasteiger partial charge in [0.25, 0.3) is 0 Å². The SMILES string of the molecule is COc1ccc(CC(F)c2cc(OC)c(OC)c(OC)c2)cc1. The second-order valence-corrected chi connectivity index (χ2v) is 4.98. The Balaban J connectivity index is 2.25. The van der Waals surface area contributed by atoms with Crippen LogP contribution in [0.15, 0.2) is 36.4 Å². The number of hydrogen-bond acceptors (Lipinski definition) is 4. The van der Waals surface area contributed by atoms with Gasteiger partial charge in [-0.05, 0) is 35.4 Å². The normalized spacial score (nSPS) is 11.7. The molecule has 0 heterocycles. The third-order valence-electron chi connectivity index (χ3n) is 3.62.